The van der Waals surface area contributed by atoms with Crippen molar-refractivity contribution in [3.63, 3.8) is 0 Å². The van der Waals surface area contributed by atoms with Gasteiger partial charge in [0.25, 0.3) is 0 Å². The summed E-state index contributed by atoms with van der Waals surface area (Å²) in [5.41, 5.74) is 2.41. The van der Waals surface area contributed by atoms with Crippen molar-refractivity contribution in [3.8, 4) is 0 Å². The van der Waals surface area contributed by atoms with E-state index in [2.05, 4.69) is 50.0 Å². The maximum atomic E-state index is 6.11. The highest BCUT2D eigenvalue weighted by atomic mass is 35.5. The molecule has 0 N–H and O–H groups in total. The highest BCUT2D eigenvalue weighted by molar-refractivity contribution is 7.98. The van der Waals surface area contributed by atoms with Crippen molar-refractivity contribution in [2.24, 2.45) is 0 Å². The highest BCUT2D eigenvalue weighted by Gasteiger charge is 2.20. The predicted molar refractivity (Wildman–Crippen MR) is 110 cm³/mol. The molecule has 0 unspecified atom stereocenters. The fraction of sp³-hybridized carbons (Fsp3) is 0.300. The maximum absolute atomic E-state index is 6.11. The zero-order valence-electron chi connectivity index (χ0n) is 14.9. The van der Waals surface area contributed by atoms with E-state index in [1.54, 1.807) is 11.8 Å². The summed E-state index contributed by atoms with van der Waals surface area (Å²) in [7, 11) is 0. The van der Waals surface area contributed by atoms with Crippen LogP contribution in [0.3, 0.4) is 0 Å². The van der Waals surface area contributed by atoms with Crippen LogP contribution in [0.1, 0.15) is 11.1 Å². The van der Waals surface area contributed by atoms with E-state index in [0.29, 0.717) is 0 Å². The van der Waals surface area contributed by atoms with E-state index >= 15 is 0 Å². The number of halogens is 1. The average molecular weight is 401 g/mol. The van der Waals surface area contributed by atoms with Gasteiger partial charge in [0.2, 0.25) is 5.95 Å². The zero-order valence-corrected chi connectivity index (χ0v) is 16.5. The lowest BCUT2D eigenvalue weighted by atomic mass is 10.2. The summed E-state index contributed by atoms with van der Waals surface area (Å²) in [6.07, 6.45) is 0. The third-order valence-corrected chi connectivity index (χ3v) is 5.70. The van der Waals surface area contributed by atoms with Crippen LogP contribution in [-0.4, -0.2) is 41.1 Å². The van der Waals surface area contributed by atoms with Gasteiger partial charge in [0.05, 0.1) is 19.8 Å². The standard InChI is InChI=1S/C20H21ClN4OS/c21-18-8-4-7-17(13-18)15-27-20-23-22-19(24-9-11-26-12-10-24)25(20)14-16-5-2-1-3-6-16/h1-8,13H,9-12,14-15H2. The minimum Gasteiger partial charge on any atom is -0.378 e. The summed E-state index contributed by atoms with van der Waals surface area (Å²) < 4.78 is 7.69. The molecular weight excluding hydrogens is 380 g/mol. The fourth-order valence-electron chi connectivity index (χ4n) is 3.06. The van der Waals surface area contributed by atoms with Crippen molar-refractivity contribution in [1.29, 1.82) is 0 Å². The van der Waals surface area contributed by atoms with Crippen LogP contribution in [-0.2, 0) is 17.0 Å². The molecule has 0 aliphatic carbocycles. The number of nitrogens with zero attached hydrogens (tertiary/aromatic N) is 4. The van der Waals surface area contributed by atoms with Crippen LogP contribution in [0.2, 0.25) is 5.02 Å². The van der Waals surface area contributed by atoms with Gasteiger partial charge in [-0.3, -0.25) is 4.57 Å². The number of thioether (sulfide) groups is 1. The Morgan fingerprint density at radius 1 is 0.963 bits per heavy atom. The van der Waals surface area contributed by atoms with Crippen molar-refractivity contribution in [3.05, 3.63) is 70.7 Å². The number of hydrogen-bond acceptors (Lipinski definition) is 5. The molecule has 3 aromatic rings. The number of aromatic nitrogens is 3. The Balaban J connectivity index is 1.58. The molecule has 0 radical (unpaired) electrons. The Morgan fingerprint density at radius 3 is 2.52 bits per heavy atom. The summed E-state index contributed by atoms with van der Waals surface area (Å²) in [5, 5.41) is 10.7. The second-order valence-electron chi connectivity index (χ2n) is 6.37. The molecule has 1 aliphatic rings. The van der Waals surface area contributed by atoms with Crippen LogP contribution in [0.25, 0.3) is 0 Å². The van der Waals surface area contributed by atoms with Gasteiger partial charge in [-0.05, 0) is 23.3 Å². The normalized spacial score (nSPS) is 14.5. The lowest BCUT2D eigenvalue weighted by Gasteiger charge is -2.28. The molecule has 7 heteroatoms. The lowest BCUT2D eigenvalue weighted by molar-refractivity contribution is 0.121. The fourth-order valence-corrected chi connectivity index (χ4v) is 4.15. The average Bonchev–Trinajstić information content (AvgIpc) is 3.10. The molecule has 0 bridgehead atoms. The van der Waals surface area contributed by atoms with E-state index in [4.69, 9.17) is 16.3 Å². The third-order valence-electron chi connectivity index (χ3n) is 4.43. The summed E-state index contributed by atoms with van der Waals surface area (Å²) in [6.45, 7) is 3.88. The molecule has 5 nitrogen and oxygen atoms in total. The number of rotatable bonds is 6. The number of ether oxygens (including phenoxy) is 1. The van der Waals surface area contributed by atoms with Gasteiger partial charge in [0.15, 0.2) is 5.16 Å². The topological polar surface area (TPSA) is 43.2 Å². The van der Waals surface area contributed by atoms with Crippen LogP contribution in [0.5, 0.6) is 0 Å². The number of hydrogen-bond donors (Lipinski definition) is 0. The Labute approximate surface area is 168 Å². The van der Waals surface area contributed by atoms with E-state index in [-0.39, 0.29) is 0 Å². The van der Waals surface area contributed by atoms with E-state index in [9.17, 15) is 0 Å². The Hall–Kier alpha value is -2.02. The Morgan fingerprint density at radius 2 is 1.74 bits per heavy atom. The van der Waals surface area contributed by atoms with E-state index in [1.165, 1.54) is 11.1 Å². The van der Waals surface area contributed by atoms with Crippen LogP contribution >= 0.6 is 23.4 Å². The quantitative estimate of drug-likeness (QED) is 0.582. The first-order valence-corrected chi connectivity index (χ1v) is 10.3. The van der Waals surface area contributed by atoms with Gasteiger partial charge in [-0.2, -0.15) is 0 Å². The van der Waals surface area contributed by atoms with Crippen molar-refractivity contribution < 1.29 is 4.74 Å². The zero-order chi connectivity index (χ0) is 18.5. The molecule has 0 spiro atoms. The van der Waals surface area contributed by atoms with Crippen LogP contribution in [0.4, 0.5) is 5.95 Å². The largest absolute Gasteiger partial charge is 0.378 e. The Kier molecular flexibility index (Phi) is 5.97. The molecular formula is C20H21ClN4OS. The van der Waals surface area contributed by atoms with E-state index < -0.39 is 0 Å². The van der Waals surface area contributed by atoms with Gasteiger partial charge in [0, 0.05) is 23.9 Å². The number of morpholine rings is 1. The molecule has 4 rings (SSSR count). The van der Waals surface area contributed by atoms with Crippen LogP contribution < -0.4 is 4.90 Å². The SMILES string of the molecule is Clc1cccc(CSc2nnc(N3CCOCC3)n2Cc2ccccc2)c1. The lowest BCUT2D eigenvalue weighted by Crippen LogP contribution is -2.38. The molecule has 1 aromatic heterocycles. The number of anilines is 1. The number of benzene rings is 2. The van der Waals surface area contributed by atoms with Crippen molar-refractivity contribution in [1.82, 2.24) is 14.8 Å². The van der Waals surface area contributed by atoms with Crippen molar-refractivity contribution in [2.45, 2.75) is 17.5 Å². The molecule has 1 saturated heterocycles. The molecule has 2 heterocycles. The van der Waals surface area contributed by atoms with Crippen molar-refractivity contribution in [2.75, 3.05) is 31.2 Å². The van der Waals surface area contributed by atoms with Gasteiger partial charge in [-0.25, -0.2) is 0 Å². The first-order valence-electron chi connectivity index (χ1n) is 8.97. The van der Waals surface area contributed by atoms with Gasteiger partial charge in [-0.15, -0.1) is 10.2 Å². The third kappa shape index (κ3) is 4.64. The second-order valence-corrected chi connectivity index (χ2v) is 7.75. The van der Waals surface area contributed by atoms with Gasteiger partial charge in [0.1, 0.15) is 0 Å². The minimum absolute atomic E-state index is 0.725. The first-order chi connectivity index (χ1) is 13.3. The minimum atomic E-state index is 0.725. The van der Waals surface area contributed by atoms with Crippen LogP contribution in [0, 0.1) is 0 Å². The highest BCUT2D eigenvalue weighted by Crippen LogP contribution is 2.27. The van der Waals surface area contributed by atoms with Gasteiger partial charge in [-0.1, -0.05) is 65.8 Å². The molecule has 0 atom stereocenters. The molecule has 27 heavy (non-hydrogen) atoms. The van der Waals surface area contributed by atoms with Crippen molar-refractivity contribution >= 4 is 29.3 Å². The van der Waals surface area contributed by atoms with Crippen LogP contribution in [0.15, 0.2) is 59.8 Å². The summed E-state index contributed by atoms with van der Waals surface area (Å²) in [6, 6.07) is 18.4. The molecule has 2 aromatic carbocycles. The predicted octanol–water partition coefficient (Wildman–Crippen LogP) is 4.11. The smallest absolute Gasteiger partial charge is 0.228 e. The Bertz CT molecular complexity index is 881. The summed E-state index contributed by atoms with van der Waals surface area (Å²) in [4.78, 5) is 2.25. The van der Waals surface area contributed by atoms with Gasteiger partial charge < -0.3 is 9.64 Å². The molecule has 140 valence electrons. The maximum Gasteiger partial charge on any atom is 0.228 e. The molecule has 1 aliphatic heterocycles. The second kappa shape index (κ2) is 8.78. The summed E-state index contributed by atoms with van der Waals surface area (Å²) >= 11 is 7.80. The van der Waals surface area contributed by atoms with E-state index in [0.717, 1.165) is 54.7 Å². The summed E-state index contributed by atoms with van der Waals surface area (Å²) in [5.74, 6) is 1.71. The van der Waals surface area contributed by atoms with Gasteiger partial charge >= 0.3 is 0 Å². The molecule has 0 saturated carbocycles. The molecule has 1 fully saturated rings. The van der Waals surface area contributed by atoms with E-state index in [1.807, 2.05) is 24.3 Å². The monoisotopic (exact) mass is 400 g/mol. The first kappa shape index (κ1) is 18.3. The molecule has 0 amide bonds.